The number of hydrogen-bond donors (Lipinski definition) is 1. The van der Waals surface area contributed by atoms with Crippen LogP contribution in [0.4, 0.5) is 4.39 Å². The van der Waals surface area contributed by atoms with E-state index in [0.717, 1.165) is 18.5 Å². The number of carbonyl (C=O) groups is 1. The quantitative estimate of drug-likeness (QED) is 0.889. The molecule has 1 aliphatic rings. The summed E-state index contributed by atoms with van der Waals surface area (Å²) in [7, 11) is 0. The van der Waals surface area contributed by atoms with E-state index in [1.807, 2.05) is 18.7 Å². The lowest BCUT2D eigenvalue weighted by Crippen LogP contribution is -2.50. The van der Waals surface area contributed by atoms with Gasteiger partial charge in [0.05, 0.1) is 0 Å². The minimum atomic E-state index is -0.232. The number of nitrogens with two attached hydrogens (primary N) is 1. The third-order valence-electron chi connectivity index (χ3n) is 3.76. The van der Waals surface area contributed by atoms with Crippen molar-refractivity contribution in [2.24, 2.45) is 11.7 Å². The van der Waals surface area contributed by atoms with Gasteiger partial charge in [-0.2, -0.15) is 0 Å². The van der Waals surface area contributed by atoms with Crippen molar-refractivity contribution in [3.05, 3.63) is 35.6 Å². The maximum absolute atomic E-state index is 12.9. The Balaban J connectivity index is 2.05. The normalized spacial score (nSPS) is 23.7. The van der Waals surface area contributed by atoms with Crippen LogP contribution in [0.15, 0.2) is 24.3 Å². The Hall–Kier alpha value is -1.42. The molecule has 0 saturated carbocycles. The Morgan fingerprint density at radius 2 is 2.00 bits per heavy atom. The predicted molar refractivity (Wildman–Crippen MR) is 73.2 cm³/mol. The molecule has 0 bridgehead atoms. The first-order valence-electron chi connectivity index (χ1n) is 6.79. The number of likely N-dealkylation sites (tertiary alicyclic amines) is 1. The van der Waals surface area contributed by atoms with E-state index in [1.165, 1.54) is 12.1 Å². The molecule has 0 radical (unpaired) electrons. The van der Waals surface area contributed by atoms with E-state index < -0.39 is 0 Å². The standard InChI is InChI=1S/C15H21FN2O/c1-10(2)15(19)18-8-7-13(14(17)9-18)11-3-5-12(16)6-4-11/h3-6,10,13-14H,7-9,17H2,1-2H3. The van der Waals surface area contributed by atoms with Crippen LogP contribution in [0.1, 0.15) is 31.7 Å². The van der Waals surface area contributed by atoms with Crippen molar-refractivity contribution in [1.82, 2.24) is 4.90 Å². The lowest BCUT2D eigenvalue weighted by molar-refractivity contribution is -0.135. The molecule has 2 atom stereocenters. The topological polar surface area (TPSA) is 46.3 Å². The van der Waals surface area contributed by atoms with Crippen molar-refractivity contribution >= 4 is 5.91 Å². The van der Waals surface area contributed by atoms with Gasteiger partial charge in [-0.05, 0) is 24.1 Å². The highest BCUT2D eigenvalue weighted by molar-refractivity contribution is 5.78. The van der Waals surface area contributed by atoms with Gasteiger partial charge in [0.15, 0.2) is 0 Å². The Bertz CT molecular complexity index is 444. The highest BCUT2D eigenvalue weighted by Crippen LogP contribution is 2.28. The van der Waals surface area contributed by atoms with Gasteiger partial charge in [0, 0.05) is 31.0 Å². The van der Waals surface area contributed by atoms with Crippen molar-refractivity contribution in [1.29, 1.82) is 0 Å². The maximum atomic E-state index is 12.9. The fourth-order valence-electron chi connectivity index (χ4n) is 2.67. The van der Waals surface area contributed by atoms with E-state index in [2.05, 4.69) is 0 Å². The fourth-order valence-corrected chi connectivity index (χ4v) is 2.67. The SMILES string of the molecule is CC(C)C(=O)N1CCC(c2ccc(F)cc2)C(N)C1. The summed E-state index contributed by atoms with van der Waals surface area (Å²) < 4.78 is 12.9. The van der Waals surface area contributed by atoms with Gasteiger partial charge in [-0.25, -0.2) is 4.39 Å². The summed E-state index contributed by atoms with van der Waals surface area (Å²) in [6.45, 7) is 5.12. The van der Waals surface area contributed by atoms with Crippen LogP contribution in [0.25, 0.3) is 0 Å². The Labute approximate surface area is 113 Å². The lowest BCUT2D eigenvalue weighted by Gasteiger charge is -2.37. The largest absolute Gasteiger partial charge is 0.341 e. The number of piperidine rings is 1. The average Bonchev–Trinajstić information content (AvgIpc) is 2.39. The van der Waals surface area contributed by atoms with Crippen LogP contribution in [0.2, 0.25) is 0 Å². The summed E-state index contributed by atoms with van der Waals surface area (Å²) in [6, 6.07) is 6.43. The third kappa shape index (κ3) is 3.13. The number of nitrogens with zero attached hydrogens (tertiary/aromatic N) is 1. The van der Waals surface area contributed by atoms with E-state index in [0.29, 0.717) is 6.54 Å². The zero-order chi connectivity index (χ0) is 14.0. The third-order valence-corrected chi connectivity index (χ3v) is 3.76. The molecule has 2 unspecified atom stereocenters. The molecule has 104 valence electrons. The molecular formula is C15H21FN2O. The van der Waals surface area contributed by atoms with Gasteiger partial charge in [0.2, 0.25) is 5.91 Å². The monoisotopic (exact) mass is 264 g/mol. The van der Waals surface area contributed by atoms with Crippen molar-refractivity contribution in [3.63, 3.8) is 0 Å². The molecule has 0 spiro atoms. The van der Waals surface area contributed by atoms with Gasteiger partial charge < -0.3 is 10.6 Å². The van der Waals surface area contributed by atoms with Gasteiger partial charge in [0.1, 0.15) is 5.82 Å². The van der Waals surface area contributed by atoms with E-state index in [9.17, 15) is 9.18 Å². The van der Waals surface area contributed by atoms with Crippen LogP contribution in [-0.2, 0) is 4.79 Å². The molecule has 0 aromatic heterocycles. The van der Waals surface area contributed by atoms with E-state index in [1.54, 1.807) is 12.1 Å². The summed E-state index contributed by atoms with van der Waals surface area (Å²) in [6.07, 6.45) is 0.839. The number of rotatable bonds is 2. The first-order chi connectivity index (χ1) is 8.99. The molecule has 1 saturated heterocycles. The summed E-state index contributed by atoms with van der Waals surface area (Å²) in [5.74, 6) is 0.143. The van der Waals surface area contributed by atoms with Crippen molar-refractivity contribution < 1.29 is 9.18 Å². The first-order valence-corrected chi connectivity index (χ1v) is 6.79. The predicted octanol–water partition coefficient (Wildman–Crippen LogP) is 2.12. The molecule has 4 heteroatoms. The molecule has 1 heterocycles. The summed E-state index contributed by atoms with van der Waals surface area (Å²) in [4.78, 5) is 13.8. The van der Waals surface area contributed by atoms with E-state index in [-0.39, 0.29) is 29.6 Å². The molecule has 1 aromatic rings. The van der Waals surface area contributed by atoms with Gasteiger partial charge in [0.25, 0.3) is 0 Å². The molecule has 1 aliphatic heterocycles. The molecule has 2 rings (SSSR count). The number of hydrogen-bond acceptors (Lipinski definition) is 2. The van der Waals surface area contributed by atoms with Crippen LogP contribution >= 0.6 is 0 Å². The van der Waals surface area contributed by atoms with Gasteiger partial charge in [-0.1, -0.05) is 26.0 Å². The smallest absolute Gasteiger partial charge is 0.225 e. The van der Waals surface area contributed by atoms with Crippen LogP contribution in [-0.4, -0.2) is 29.9 Å². The second-order valence-corrected chi connectivity index (χ2v) is 5.55. The summed E-state index contributed by atoms with van der Waals surface area (Å²) in [5.41, 5.74) is 7.25. The highest BCUT2D eigenvalue weighted by atomic mass is 19.1. The zero-order valence-electron chi connectivity index (χ0n) is 11.5. The molecule has 0 aliphatic carbocycles. The highest BCUT2D eigenvalue weighted by Gasteiger charge is 2.30. The summed E-state index contributed by atoms with van der Waals surface area (Å²) in [5, 5.41) is 0. The zero-order valence-corrected chi connectivity index (χ0v) is 11.5. The van der Waals surface area contributed by atoms with E-state index in [4.69, 9.17) is 5.73 Å². The first kappa shape index (κ1) is 14.0. The number of benzene rings is 1. The molecule has 1 aromatic carbocycles. The van der Waals surface area contributed by atoms with Crippen LogP contribution in [0.5, 0.6) is 0 Å². The Morgan fingerprint density at radius 1 is 1.37 bits per heavy atom. The molecule has 1 amide bonds. The number of carbonyl (C=O) groups excluding carboxylic acids is 1. The van der Waals surface area contributed by atoms with Gasteiger partial charge in [-0.15, -0.1) is 0 Å². The molecule has 19 heavy (non-hydrogen) atoms. The number of halogens is 1. The minimum Gasteiger partial charge on any atom is -0.341 e. The second kappa shape index (κ2) is 5.70. The van der Waals surface area contributed by atoms with Gasteiger partial charge in [-0.3, -0.25) is 4.79 Å². The van der Waals surface area contributed by atoms with Crippen LogP contribution in [0, 0.1) is 11.7 Å². The van der Waals surface area contributed by atoms with Crippen LogP contribution in [0.3, 0.4) is 0 Å². The fraction of sp³-hybridized carbons (Fsp3) is 0.533. The van der Waals surface area contributed by atoms with Crippen LogP contribution < -0.4 is 5.73 Å². The lowest BCUT2D eigenvalue weighted by atomic mass is 9.85. The van der Waals surface area contributed by atoms with Gasteiger partial charge >= 0.3 is 0 Å². The number of amides is 1. The Kier molecular flexibility index (Phi) is 4.20. The molecule has 3 nitrogen and oxygen atoms in total. The summed E-state index contributed by atoms with van der Waals surface area (Å²) >= 11 is 0. The Morgan fingerprint density at radius 3 is 2.53 bits per heavy atom. The van der Waals surface area contributed by atoms with Crippen molar-refractivity contribution in [2.75, 3.05) is 13.1 Å². The molecule has 1 fully saturated rings. The van der Waals surface area contributed by atoms with E-state index >= 15 is 0 Å². The molecular weight excluding hydrogens is 243 g/mol. The second-order valence-electron chi connectivity index (χ2n) is 5.55. The maximum Gasteiger partial charge on any atom is 0.225 e. The van der Waals surface area contributed by atoms with Crippen molar-refractivity contribution in [2.45, 2.75) is 32.2 Å². The molecule has 2 N–H and O–H groups in total. The van der Waals surface area contributed by atoms with Crippen molar-refractivity contribution in [3.8, 4) is 0 Å². The minimum absolute atomic E-state index is 0.00886. The average molecular weight is 264 g/mol.